The first-order chi connectivity index (χ1) is 17.4. The lowest BCUT2D eigenvalue weighted by Gasteiger charge is -2.13. The minimum Gasteiger partial charge on any atom is -0.320 e. The van der Waals surface area contributed by atoms with Crippen molar-refractivity contribution in [2.75, 3.05) is 11.9 Å². The number of carbonyl (C=O) groups excluding carboxylic acids is 2. The first-order valence-corrected chi connectivity index (χ1v) is 12.7. The van der Waals surface area contributed by atoms with Crippen molar-refractivity contribution in [3.05, 3.63) is 99.3 Å². The minimum absolute atomic E-state index is 0.156. The van der Waals surface area contributed by atoms with Crippen LogP contribution in [0.5, 0.6) is 0 Å². The maximum atomic E-state index is 13.0. The van der Waals surface area contributed by atoms with Gasteiger partial charge in [0.05, 0.1) is 16.3 Å². The summed E-state index contributed by atoms with van der Waals surface area (Å²) in [7, 11) is 1.77. The summed E-state index contributed by atoms with van der Waals surface area (Å²) in [6, 6.07) is 19.1. The van der Waals surface area contributed by atoms with Crippen molar-refractivity contribution < 1.29 is 9.59 Å². The Morgan fingerprint density at radius 3 is 2.42 bits per heavy atom. The van der Waals surface area contributed by atoms with Crippen LogP contribution in [0, 0.1) is 6.92 Å². The van der Waals surface area contributed by atoms with E-state index in [0.29, 0.717) is 27.9 Å². The second-order valence-corrected chi connectivity index (χ2v) is 9.89. The predicted octanol–water partition coefficient (Wildman–Crippen LogP) is 4.66. The van der Waals surface area contributed by atoms with E-state index in [4.69, 9.17) is 12.2 Å². The molecule has 36 heavy (non-hydrogen) atoms. The number of nitrogens with zero attached hydrogens (tertiary/aromatic N) is 3. The van der Waals surface area contributed by atoms with Gasteiger partial charge in [-0.1, -0.05) is 84.7 Å². The predicted molar refractivity (Wildman–Crippen MR) is 149 cm³/mol. The Labute approximate surface area is 219 Å². The van der Waals surface area contributed by atoms with Gasteiger partial charge in [-0.05, 0) is 37.1 Å². The molecule has 2 aromatic carbocycles. The molecule has 2 heterocycles. The number of amides is 2. The highest BCUT2D eigenvalue weighted by atomic mass is 32.2. The number of hydrogen-bond acceptors (Lipinski definition) is 5. The van der Waals surface area contributed by atoms with Gasteiger partial charge in [0.15, 0.2) is 0 Å². The lowest BCUT2D eigenvalue weighted by Crippen LogP contribution is -2.30. The highest BCUT2D eigenvalue weighted by molar-refractivity contribution is 8.26. The number of allylic oxidation sites excluding steroid dienone is 2. The van der Waals surface area contributed by atoms with Crippen molar-refractivity contribution in [3.63, 3.8) is 0 Å². The molecule has 3 aromatic rings. The number of thioether (sulfide) groups is 1. The van der Waals surface area contributed by atoms with Gasteiger partial charge in [-0.2, -0.15) is 0 Å². The van der Waals surface area contributed by atoms with Crippen molar-refractivity contribution in [1.82, 2.24) is 14.3 Å². The molecule has 1 aliphatic heterocycles. The number of benzene rings is 2. The second-order valence-electron chi connectivity index (χ2n) is 8.21. The van der Waals surface area contributed by atoms with E-state index in [-0.39, 0.29) is 29.5 Å². The second kappa shape index (κ2) is 11.4. The maximum absolute atomic E-state index is 13.0. The van der Waals surface area contributed by atoms with Gasteiger partial charge in [0.25, 0.3) is 11.5 Å². The highest BCUT2D eigenvalue weighted by Crippen LogP contribution is 2.31. The SMILES string of the molecule is Cc1c(NC(=O)CCCN2C(=O)/C(=C/C=C/c3ccccc3)SC2=S)c(=O)n(-c2ccccc2)n1C. The quantitative estimate of drug-likeness (QED) is 0.347. The van der Waals surface area contributed by atoms with Gasteiger partial charge in [0, 0.05) is 20.0 Å². The molecule has 184 valence electrons. The number of thiocarbonyl (C=S) groups is 1. The summed E-state index contributed by atoms with van der Waals surface area (Å²) in [6.45, 7) is 2.12. The summed E-state index contributed by atoms with van der Waals surface area (Å²) >= 11 is 6.63. The third-order valence-corrected chi connectivity index (χ3v) is 7.21. The maximum Gasteiger partial charge on any atom is 0.295 e. The number of rotatable bonds is 8. The van der Waals surface area contributed by atoms with Gasteiger partial charge in [0.1, 0.15) is 10.0 Å². The van der Waals surface area contributed by atoms with Crippen LogP contribution in [0.25, 0.3) is 11.8 Å². The largest absolute Gasteiger partial charge is 0.320 e. The molecule has 1 saturated heterocycles. The number of aromatic nitrogens is 2. The molecule has 7 nitrogen and oxygen atoms in total. The molecule has 9 heteroatoms. The molecule has 0 unspecified atom stereocenters. The molecule has 1 fully saturated rings. The Balaban J connectivity index is 1.34. The zero-order valence-electron chi connectivity index (χ0n) is 20.0. The average Bonchev–Trinajstić information content (AvgIpc) is 3.26. The fourth-order valence-corrected chi connectivity index (χ4v) is 5.09. The van der Waals surface area contributed by atoms with Crippen molar-refractivity contribution in [2.24, 2.45) is 7.05 Å². The van der Waals surface area contributed by atoms with Gasteiger partial charge in [0.2, 0.25) is 5.91 Å². The lowest BCUT2D eigenvalue weighted by atomic mass is 10.2. The Morgan fingerprint density at radius 2 is 1.72 bits per heavy atom. The van der Waals surface area contributed by atoms with Crippen molar-refractivity contribution >= 4 is 51.9 Å². The summed E-state index contributed by atoms with van der Waals surface area (Å²) < 4.78 is 3.71. The summed E-state index contributed by atoms with van der Waals surface area (Å²) in [5.74, 6) is -0.444. The van der Waals surface area contributed by atoms with Crippen LogP contribution in [-0.4, -0.2) is 36.9 Å². The molecule has 0 saturated carbocycles. The molecule has 0 bridgehead atoms. The summed E-state index contributed by atoms with van der Waals surface area (Å²) in [5.41, 5.74) is 2.38. The van der Waals surface area contributed by atoms with E-state index in [9.17, 15) is 14.4 Å². The third kappa shape index (κ3) is 5.58. The fourth-order valence-electron chi connectivity index (χ4n) is 3.83. The normalized spacial score (nSPS) is 14.8. The first-order valence-electron chi connectivity index (χ1n) is 11.5. The van der Waals surface area contributed by atoms with Crippen LogP contribution >= 0.6 is 24.0 Å². The average molecular weight is 519 g/mol. The standard InChI is InChI=1S/C27H26N4O3S2/c1-19-24(26(34)31(29(19)2)21-14-7-4-8-15-21)28-23(32)17-10-18-30-25(33)22(36-27(30)35)16-9-13-20-11-5-3-6-12-20/h3-9,11-16H,10,17-18H2,1-2H3,(H,28,32)/b13-9+,22-16-. The monoisotopic (exact) mass is 518 g/mol. The first kappa shape index (κ1) is 25.4. The Hall–Kier alpha value is -3.69. The van der Waals surface area contributed by atoms with E-state index in [0.717, 1.165) is 11.3 Å². The van der Waals surface area contributed by atoms with Crippen LogP contribution in [0.1, 0.15) is 24.1 Å². The van der Waals surface area contributed by atoms with Crippen molar-refractivity contribution in [3.8, 4) is 5.69 Å². The van der Waals surface area contributed by atoms with Crippen LogP contribution in [-0.2, 0) is 16.6 Å². The van der Waals surface area contributed by atoms with Gasteiger partial charge >= 0.3 is 0 Å². The Bertz CT molecular complexity index is 1410. The van der Waals surface area contributed by atoms with Crippen LogP contribution < -0.4 is 10.9 Å². The van der Waals surface area contributed by atoms with Crippen LogP contribution in [0.2, 0.25) is 0 Å². The molecular weight excluding hydrogens is 492 g/mol. The fraction of sp³-hybridized carbons (Fsp3) is 0.185. The van der Waals surface area contributed by atoms with Gasteiger partial charge in [-0.3, -0.25) is 24.0 Å². The molecule has 0 aliphatic carbocycles. The molecule has 1 aliphatic rings. The van der Waals surface area contributed by atoms with Gasteiger partial charge in [-0.15, -0.1) is 0 Å². The molecule has 1 aromatic heterocycles. The van der Waals surface area contributed by atoms with Crippen molar-refractivity contribution in [2.45, 2.75) is 19.8 Å². The van der Waals surface area contributed by atoms with Crippen molar-refractivity contribution in [1.29, 1.82) is 0 Å². The molecule has 0 spiro atoms. The molecule has 0 atom stereocenters. The van der Waals surface area contributed by atoms with Gasteiger partial charge < -0.3 is 5.32 Å². The topological polar surface area (TPSA) is 76.3 Å². The van der Waals surface area contributed by atoms with E-state index < -0.39 is 0 Å². The number of anilines is 1. The number of nitrogens with one attached hydrogen (secondary N) is 1. The van der Waals surface area contributed by atoms with Crippen LogP contribution in [0.4, 0.5) is 5.69 Å². The number of para-hydroxylation sites is 1. The van der Waals surface area contributed by atoms with Crippen LogP contribution in [0.3, 0.4) is 0 Å². The summed E-state index contributed by atoms with van der Waals surface area (Å²) in [4.78, 5) is 40.4. The zero-order valence-corrected chi connectivity index (χ0v) is 21.6. The number of hydrogen-bond donors (Lipinski definition) is 1. The number of carbonyl (C=O) groups is 2. The molecular formula is C27H26N4O3S2. The Morgan fingerprint density at radius 1 is 1.06 bits per heavy atom. The van der Waals surface area contributed by atoms with E-state index in [2.05, 4.69) is 5.32 Å². The summed E-state index contributed by atoms with van der Waals surface area (Å²) in [5, 5.41) is 2.75. The van der Waals surface area contributed by atoms with Gasteiger partial charge in [-0.25, -0.2) is 4.68 Å². The van der Waals surface area contributed by atoms with E-state index in [1.807, 2.05) is 72.8 Å². The van der Waals surface area contributed by atoms with E-state index in [1.165, 1.54) is 21.3 Å². The summed E-state index contributed by atoms with van der Waals surface area (Å²) in [6.07, 6.45) is 6.09. The smallest absolute Gasteiger partial charge is 0.295 e. The van der Waals surface area contributed by atoms with E-state index >= 15 is 0 Å². The molecule has 0 radical (unpaired) electrons. The zero-order chi connectivity index (χ0) is 25.7. The minimum atomic E-state index is -0.291. The molecule has 1 N–H and O–H groups in total. The van der Waals surface area contributed by atoms with Crippen LogP contribution in [0.15, 0.2) is 82.5 Å². The molecule has 2 amide bonds. The van der Waals surface area contributed by atoms with E-state index in [1.54, 1.807) is 24.7 Å². The highest BCUT2D eigenvalue weighted by Gasteiger charge is 2.31. The Kier molecular flexibility index (Phi) is 8.02. The molecule has 4 rings (SSSR count). The lowest BCUT2D eigenvalue weighted by molar-refractivity contribution is -0.122. The third-order valence-electron chi connectivity index (χ3n) is 5.81.